The molecule has 1 fully saturated rings. The summed E-state index contributed by atoms with van der Waals surface area (Å²) in [5, 5.41) is 12.8. The lowest BCUT2D eigenvalue weighted by atomic mass is 10.0. The van der Waals surface area contributed by atoms with E-state index in [9.17, 15) is 23.1 Å². The van der Waals surface area contributed by atoms with Crippen molar-refractivity contribution in [2.24, 2.45) is 0 Å². The van der Waals surface area contributed by atoms with E-state index >= 15 is 0 Å². The number of benzene rings is 1. The van der Waals surface area contributed by atoms with Gasteiger partial charge in [-0.1, -0.05) is 12.8 Å². The molecule has 0 saturated heterocycles. The highest BCUT2D eigenvalue weighted by atomic mass is 19.4. The highest BCUT2D eigenvalue weighted by Crippen LogP contribution is 2.30. The highest BCUT2D eigenvalue weighted by molar-refractivity contribution is 5.89. The average Bonchev–Trinajstić information content (AvgIpc) is 2.85. The Morgan fingerprint density at radius 3 is 2.39 bits per heavy atom. The van der Waals surface area contributed by atoms with E-state index in [2.05, 4.69) is 10.1 Å². The molecule has 0 radical (unpaired) electrons. The van der Waals surface area contributed by atoms with Crippen LogP contribution < -0.4 is 10.1 Å². The van der Waals surface area contributed by atoms with Gasteiger partial charge in [-0.05, 0) is 37.1 Å². The van der Waals surface area contributed by atoms with E-state index < -0.39 is 18.0 Å². The van der Waals surface area contributed by atoms with Gasteiger partial charge in [0, 0.05) is 12.7 Å². The van der Waals surface area contributed by atoms with Gasteiger partial charge in [0.15, 0.2) is 0 Å². The number of carbonyl (C=O) groups is 1. The number of rotatable bonds is 4. The summed E-state index contributed by atoms with van der Waals surface area (Å²) in [7, 11) is 1.56. The summed E-state index contributed by atoms with van der Waals surface area (Å²) in [6.45, 7) is 0.216. The fourth-order valence-electron chi connectivity index (χ4n) is 2.66. The van der Waals surface area contributed by atoms with Gasteiger partial charge in [-0.3, -0.25) is 0 Å². The lowest BCUT2D eigenvalue weighted by Crippen LogP contribution is -2.43. The third-order valence-corrected chi connectivity index (χ3v) is 3.75. The zero-order valence-electron chi connectivity index (χ0n) is 12.7. The number of alkyl halides is 3. The van der Waals surface area contributed by atoms with Crippen LogP contribution in [0.1, 0.15) is 25.7 Å². The van der Waals surface area contributed by atoms with Gasteiger partial charge in [0.25, 0.3) is 0 Å². The molecular formula is C15H19F3N2O3. The number of amides is 2. The molecule has 1 saturated carbocycles. The predicted octanol–water partition coefficient (Wildman–Crippen LogP) is 3.35. The number of nitrogens with one attached hydrogen (secondary N) is 1. The van der Waals surface area contributed by atoms with Crippen molar-refractivity contribution in [3.05, 3.63) is 24.3 Å². The van der Waals surface area contributed by atoms with Crippen molar-refractivity contribution in [3.8, 4) is 5.75 Å². The summed E-state index contributed by atoms with van der Waals surface area (Å²) in [6, 6.07) is 4.44. The molecule has 0 heterocycles. The lowest BCUT2D eigenvalue weighted by molar-refractivity contribution is -0.274. The molecule has 128 valence electrons. The average molecular weight is 332 g/mol. The second-order valence-corrected chi connectivity index (χ2v) is 5.79. The molecule has 0 aliphatic heterocycles. The Hall–Kier alpha value is -1.96. The Kier molecular flexibility index (Phi) is 5.03. The highest BCUT2D eigenvalue weighted by Gasteiger charge is 2.33. The van der Waals surface area contributed by atoms with Crippen LogP contribution in [0.5, 0.6) is 5.75 Å². The molecule has 1 aromatic rings. The van der Waals surface area contributed by atoms with Crippen LogP contribution in [0.4, 0.5) is 23.7 Å². The molecule has 2 rings (SSSR count). The maximum absolute atomic E-state index is 12.1. The minimum Gasteiger partial charge on any atom is -0.406 e. The van der Waals surface area contributed by atoms with Crippen molar-refractivity contribution < 1.29 is 27.8 Å². The third kappa shape index (κ3) is 5.31. The van der Waals surface area contributed by atoms with Crippen molar-refractivity contribution in [1.29, 1.82) is 0 Å². The first-order valence-electron chi connectivity index (χ1n) is 7.27. The standard InChI is InChI=1S/C15H19F3N2O3/c1-20(10-14(22)8-2-3-9-14)13(21)19-11-4-6-12(7-5-11)23-15(16,17)18/h4-7,22H,2-3,8-10H2,1H3,(H,19,21). The van der Waals surface area contributed by atoms with Crippen LogP contribution in [0.2, 0.25) is 0 Å². The summed E-state index contributed by atoms with van der Waals surface area (Å²) in [5.74, 6) is -0.357. The number of nitrogens with zero attached hydrogens (tertiary/aromatic N) is 1. The minimum atomic E-state index is -4.75. The van der Waals surface area contributed by atoms with Crippen molar-refractivity contribution >= 4 is 11.7 Å². The Morgan fingerprint density at radius 1 is 1.30 bits per heavy atom. The number of carbonyl (C=O) groups excluding carboxylic acids is 1. The zero-order chi connectivity index (χ0) is 17.1. The maximum atomic E-state index is 12.1. The van der Waals surface area contributed by atoms with Crippen LogP contribution in [0.3, 0.4) is 0 Å². The maximum Gasteiger partial charge on any atom is 0.573 e. The molecule has 8 heteroatoms. The van der Waals surface area contributed by atoms with Crippen molar-refractivity contribution in [1.82, 2.24) is 4.90 Å². The van der Waals surface area contributed by atoms with E-state index in [1.165, 1.54) is 17.0 Å². The monoisotopic (exact) mass is 332 g/mol. The molecule has 0 bridgehead atoms. The number of hydrogen-bond acceptors (Lipinski definition) is 3. The van der Waals surface area contributed by atoms with Gasteiger partial charge < -0.3 is 20.1 Å². The normalized spacial score (nSPS) is 16.9. The number of halogens is 3. The first-order chi connectivity index (χ1) is 10.7. The first kappa shape index (κ1) is 17.4. The van der Waals surface area contributed by atoms with Crippen molar-refractivity contribution in [2.45, 2.75) is 37.6 Å². The van der Waals surface area contributed by atoms with E-state index in [1.807, 2.05) is 0 Å². The Morgan fingerprint density at radius 2 is 1.87 bits per heavy atom. The Labute approximate surface area is 132 Å². The van der Waals surface area contributed by atoms with E-state index in [0.717, 1.165) is 25.0 Å². The van der Waals surface area contributed by atoms with Crippen LogP contribution in [-0.4, -0.2) is 41.6 Å². The number of likely N-dealkylation sites (N-methyl/N-ethyl adjacent to an activating group) is 1. The number of aliphatic hydroxyl groups is 1. The lowest BCUT2D eigenvalue weighted by Gasteiger charge is -2.28. The topological polar surface area (TPSA) is 61.8 Å². The summed E-state index contributed by atoms with van der Waals surface area (Å²) in [5.41, 5.74) is -0.508. The van der Waals surface area contributed by atoms with Gasteiger partial charge in [-0.25, -0.2) is 4.79 Å². The molecule has 0 spiro atoms. The first-order valence-corrected chi connectivity index (χ1v) is 7.27. The van der Waals surface area contributed by atoms with Crippen LogP contribution in [0.25, 0.3) is 0 Å². The van der Waals surface area contributed by atoms with Crippen molar-refractivity contribution in [3.63, 3.8) is 0 Å². The quantitative estimate of drug-likeness (QED) is 0.889. The summed E-state index contributed by atoms with van der Waals surface area (Å²) < 4.78 is 40.0. The van der Waals surface area contributed by atoms with Crippen molar-refractivity contribution in [2.75, 3.05) is 18.9 Å². The zero-order valence-corrected chi connectivity index (χ0v) is 12.7. The Balaban J connectivity index is 1.89. The van der Waals surface area contributed by atoms with Crippen LogP contribution >= 0.6 is 0 Å². The fourth-order valence-corrected chi connectivity index (χ4v) is 2.66. The molecule has 0 atom stereocenters. The van der Waals surface area contributed by atoms with Gasteiger partial charge in [-0.2, -0.15) is 0 Å². The second kappa shape index (κ2) is 6.66. The van der Waals surface area contributed by atoms with E-state index in [-0.39, 0.29) is 12.3 Å². The Bertz CT molecular complexity index is 540. The molecule has 5 nitrogen and oxygen atoms in total. The predicted molar refractivity (Wildman–Crippen MR) is 78.2 cm³/mol. The summed E-state index contributed by atoms with van der Waals surface area (Å²) in [6.07, 6.45) is -1.55. The van der Waals surface area contributed by atoms with E-state index in [0.29, 0.717) is 18.5 Å². The summed E-state index contributed by atoms with van der Waals surface area (Å²) in [4.78, 5) is 13.4. The molecule has 0 unspecified atom stereocenters. The molecule has 1 aromatic carbocycles. The van der Waals surface area contributed by atoms with Gasteiger partial charge in [0.2, 0.25) is 0 Å². The smallest absolute Gasteiger partial charge is 0.406 e. The SMILES string of the molecule is CN(CC1(O)CCCC1)C(=O)Nc1ccc(OC(F)(F)F)cc1. The minimum absolute atomic E-state index is 0.216. The molecule has 0 aromatic heterocycles. The van der Waals surface area contributed by atoms with Crippen LogP contribution in [0, 0.1) is 0 Å². The molecule has 1 aliphatic rings. The van der Waals surface area contributed by atoms with Gasteiger partial charge in [0.1, 0.15) is 5.75 Å². The fraction of sp³-hybridized carbons (Fsp3) is 0.533. The van der Waals surface area contributed by atoms with Gasteiger partial charge >= 0.3 is 12.4 Å². The summed E-state index contributed by atoms with van der Waals surface area (Å²) >= 11 is 0. The van der Waals surface area contributed by atoms with Crippen LogP contribution in [0.15, 0.2) is 24.3 Å². The van der Waals surface area contributed by atoms with Gasteiger partial charge in [0.05, 0.1) is 12.1 Å². The number of ether oxygens (including phenoxy) is 1. The molecule has 23 heavy (non-hydrogen) atoms. The molecule has 2 N–H and O–H groups in total. The number of hydrogen-bond donors (Lipinski definition) is 2. The number of urea groups is 1. The molecule has 2 amide bonds. The second-order valence-electron chi connectivity index (χ2n) is 5.79. The van der Waals surface area contributed by atoms with Gasteiger partial charge in [-0.15, -0.1) is 13.2 Å². The van der Waals surface area contributed by atoms with E-state index in [4.69, 9.17) is 0 Å². The third-order valence-electron chi connectivity index (χ3n) is 3.75. The number of anilines is 1. The largest absolute Gasteiger partial charge is 0.573 e. The molecule has 1 aliphatic carbocycles. The van der Waals surface area contributed by atoms with Crippen LogP contribution in [-0.2, 0) is 0 Å². The van der Waals surface area contributed by atoms with E-state index in [1.54, 1.807) is 7.05 Å². The molecular weight excluding hydrogens is 313 g/mol.